The Kier molecular flexibility index (Phi) is 7.88. The standard InChI is InChI=1S/C18H21N3O5S2/c1-2-25-10-11-26-15-5-3-4-13(12-15)17(22)21-18(27)20-14-6-8-16(9-7-14)28(19,23)24/h3-9,12H,2,10-11H2,1H3,(H2,19,23,24)(H2,20,21,22,27). The molecule has 150 valence electrons. The molecule has 10 heteroatoms. The first-order valence-electron chi connectivity index (χ1n) is 8.35. The van der Waals surface area contributed by atoms with Gasteiger partial charge in [-0.3, -0.25) is 10.1 Å². The number of nitrogens with two attached hydrogens (primary N) is 1. The number of amides is 1. The van der Waals surface area contributed by atoms with Gasteiger partial charge in [0, 0.05) is 17.9 Å². The molecule has 2 aromatic carbocycles. The Balaban J connectivity index is 1.92. The second-order valence-electron chi connectivity index (χ2n) is 5.55. The molecule has 28 heavy (non-hydrogen) atoms. The number of carbonyl (C=O) groups excluding carboxylic acids is 1. The number of nitrogens with one attached hydrogen (secondary N) is 2. The van der Waals surface area contributed by atoms with Gasteiger partial charge in [-0.05, 0) is 61.6 Å². The van der Waals surface area contributed by atoms with Crippen LogP contribution in [0.5, 0.6) is 5.75 Å². The minimum Gasteiger partial charge on any atom is -0.491 e. The van der Waals surface area contributed by atoms with E-state index in [0.717, 1.165) is 0 Å². The number of hydrogen-bond donors (Lipinski definition) is 3. The number of anilines is 1. The summed E-state index contributed by atoms with van der Waals surface area (Å²) in [4.78, 5) is 12.3. The Morgan fingerprint density at radius 2 is 1.86 bits per heavy atom. The molecule has 0 bridgehead atoms. The fourth-order valence-corrected chi connectivity index (χ4v) is 2.88. The third kappa shape index (κ3) is 6.89. The average molecular weight is 424 g/mol. The van der Waals surface area contributed by atoms with Crippen LogP contribution in [-0.4, -0.2) is 39.3 Å². The molecular weight excluding hydrogens is 402 g/mol. The van der Waals surface area contributed by atoms with Crippen LogP contribution in [0.25, 0.3) is 0 Å². The minimum atomic E-state index is -3.77. The Bertz CT molecular complexity index is 930. The molecule has 0 aliphatic heterocycles. The fourth-order valence-electron chi connectivity index (χ4n) is 2.16. The number of hydrogen-bond acceptors (Lipinski definition) is 6. The van der Waals surface area contributed by atoms with Crippen LogP contribution in [-0.2, 0) is 14.8 Å². The van der Waals surface area contributed by atoms with Gasteiger partial charge in [-0.15, -0.1) is 0 Å². The van der Waals surface area contributed by atoms with Crippen LogP contribution in [0, 0.1) is 0 Å². The molecule has 1 amide bonds. The highest BCUT2D eigenvalue weighted by Gasteiger charge is 2.10. The molecule has 0 radical (unpaired) electrons. The van der Waals surface area contributed by atoms with Gasteiger partial charge in [-0.2, -0.15) is 0 Å². The smallest absolute Gasteiger partial charge is 0.257 e. The van der Waals surface area contributed by atoms with E-state index in [1.807, 2.05) is 6.92 Å². The van der Waals surface area contributed by atoms with Gasteiger partial charge in [0.05, 0.1) is 11.5 Å². The predicted molar refractivity (Wildman–Crippen MR) is 110 cm³/mol. The van der Waals surface area contributed by atoms with Gasteiger partial charge in [0.2, 0.25) is 10.0 Å². The molecule has 0 aliphatic carbocycles. The Morgan fingerprint density at radius 1 is 1.14 bits per heavy atom. The number of rotatable bonds is 8. The molecule has 0 saturated heterocycles. The van der Waals surface area contributed by atoms with Gasteiger partial charge in [-0.25, -0.2) is 13.6 Å². The maximum Gasteiger partial charge on any atom is 0.257 e. The summed E-state index contributed by atoms with van der Waals surface area (Å²) < 4.78 is 33.2. The van der Waals surface area contributed by atoms with E-state index in [-0.39, 0.29) is 10.0 Å². The second-order valence-corrected chi connectivity index (χ2v) is 7.52. The Morgan fingerprint density at radius 3 is 2.50 bits per heavy atom. The maximum absolute atomic E-state index is 12.3. The molecule has 0 fully saturated rings. The van der Waals surface area contributed by atoms with E-state index >= 15 is 0 Å². The van der Waals surface area contributed by atoms with Crippen LogP contribution >= 0.6 is 12.2 Å². The lowest BCUT2D eigenvalue weighted by Crippen LogP contribution is -2.34. The monoisotopic (exact) mass is 423 g/mol. The topological polar surface area (TPSA) is 120 Å². The van der Waals surface area contributed by atoms with E-state index in [1.54, 1.807) is 24.3 Å². The van der Waals surface area contributed by atoms with Crippen molar-refractivity contribution in [2.45, 2.75) is 11.8 Å². The zero-order valence-electron chi connectivity index (χ0n) is 15.2. The van der Waals surface area contributed by atoms with Gasteiger partial charge >= 0.3 is 0 Å². The molecular formula is C18H21N3O5S2. The molecule has 0 atom stereocenters. The molecule has 8 nitrogen and oxygen atoms in total. The first-order valence-corrected chi connectivity index (χ1v) is 10.3. The van der Waals surface area contributed by atoms with Gasteiger partial charge in [0.15, 0.2) is 5.11 Å². The van der Waals surface area contributed by atoms with Crippen LogP contribution in [0.2, 0.25) is 0 Å². The van der Waals surface area contributed by atoms with E-state index in [1.165, 1.54) is 24.3 Å². The van der Waals surface area contributed by atoms with Crippen LogP contribution < -0.4 is 20.5 Å². The van der Waals surface area contributed by atoms with Crippen molar-refractivity contribution < 1.29 is 22.7 Å². The SMILES string of the molecule is CCOCCOc1cccc(C(=O)NC(=S)Nc2ccc(S(N)(=O)=O)cc2)c1. The van der Waals surface area contributed by atoms with Crippen LogP contribution in [0.15, 0.2) is 53.4 Å². The van der Waals surface area contributed by atoms with Crippen molar-refractivity contribution >= 4 is 38.9 Å². The highest BCUT2D eigenvalue weighted by atomic mass is 32.2. The zero-order valence-corrected chi connectivity index (χ0v) is 16.8. The van der Waals surface area contributed by atoms with Crippen LogP contribution in [0.3, 0.4) is 0 Å². The van der Waals surface area contributed by atoms with Gasteiger partial charge in [0.1, 0.15) is 12.4 Å². The number of ether oxygens (including phenoxy) is 2. The highest BCUT2D eigenvalue weighted by molar-refractivity contribution is 7.89. The molecule has 4 N–H and O–H groups in total. The minimum absolute atomic E-state index is 0.0193. The van der Waals surface area contributed by atoms with Crippen LogP contribution in [0.1, 0.15) is 17.3 Å². The third-order valence-corrected chi connectivity index (χ3v) is 4.60. The third-order valence-electron chi connectivity index (χ3n) is 3.46. The number of benzene rings is 2. The maximum atomic E-state index is 12.3. The first-order chi connectivity index (χ1) is 13.3. The number of thiocarbonyl (C=S) groups is 1. The van der Waals surface area contributed by atoms with Gasteiger partial charge in [0.25, 0.3) is 5.91 Å². The summed E-state index contributed by atoms with van der Waals surface area (Å²) in [5.41, 5.74) is 0.883. The van der Waals surface area contributed by atoms with E-state index in [2.05, 4.69) is 10.6 Å². The Hall–Kier alpha value is -2.53. The molecule has 0 spiro atoms. The van der Waals surface area contributed by atoms with Gasteiger partial charge < -0.3 is 14.8 Å². The summed E-state index contributed by atoms with van der Waals surface area (Å²) in [6, 6.07) is 12.3. The number of carbonyl (C=O) groups is 1. The summed E-state index contributed by atoms with van der Waals surface area (Å²) in [5, 5.41) is 10.5. The molecule has 0 saturated carbocycles. The second kappa shape index (κ2) is 10.1. The van der Waals surface area contributed by atoms with Crippen molar-refractivity contribution in [2.75, 3.05) is 25.1 Å². The predicted octanol–water partition coefficient (Wildman–Crippen LogP) is 1.88. The van der Waals surface area contributed by atoms with Crippen LogP contribution in [0.4, 0.5) is 5.69 Å². The van der Waals surface area contributed by atoms with E-state index in [9.17, 15) is 13.2 Å². The lowest BCUT2D eigenvalue weighted by Gasteiger charge is -2.11. The van der Waals surface area contributed by atoms with E-state index in [0.29, 0.717) is 36.8 Å². The number of sulfonamides is 1. The molecule has 0 aliphatic rings. The molecule has 2 aromatic rings. The van der Waals surface area contributed by atoms with E-state index < -0.39 is 15.9 Å². The van der Waals surface area contributed by atoms with Crippen molar-refractivity contribution in [3.8, 4) is 5.75 Å². The molecule has 0 aromatic heterocycles. The van der Waals surface area contributed by atoms with Crippen molar-refractivity contribution in [3.05, 3.63) is 54.1 Å². The Labute approximate surface area is 169 Å². The van der Waals surface area contributed by atoms with Crippen molar-refractivity contribution in [1.29, 1.82) is 0 Å². The van der Waals surface area contributed by atoms with Crippen molar-refractivity contribution in [3.63, 3.8) is 0 Å². The lowest BCUT2D eigenvalue weighted by molar-refractivity contribution is 0.0976. The molecule has 0 heterocycles. The summed E-state index contributed by atoms with van der Waals surface area (Å²) in [6.07, 6.45) is 0. The highest BCUT2D eigenvalue weighted by Crippen LogP contribution is 2.14. The lowest BCUT2D eigenvalue weighted by atomic mass is 10.2. The first kappa shape index (κ1) is 21.8. The van der Waals surface area contributed by atoms with Gasteiger partial charge in [-0.1, -0.05) is 6.07 Å². The summed E-state index contributed by atoms with van der Waals surface area (Å²) in [5.74, 6) is 0.138. The summed E-state index contributed by atoms with van der Waals surface area (Å²) in [7, 11) is -3.77. The zero-order chi connectivity index (χ0) is 20.6. The quantitative estimate of drug-likeness (QED) is 0.438. The summed E-state index contributed by atoms with van der Waals surface area (Å²) in [6.45, 7) is 3.36. The summed E-state index contributed by atoms with van der Waals surface area (Å²) >= 11 is 5.12. The van der Waals surface area contributed by atoms with Crippen molar-refractivity contribution in [1.82, 2.24) is 5.32 Å². The molecule has 2 rings (SSSR count). The fraction of sp³-hybridized carbons (Fsp3) is 0.222. The average Bonchev–Trinajstić information content (AvgIpc) is 2.65. The normalized spacial score (nSPS) is 10.9. The molecule has 0 unspecified atom stereocenters. The van der Waals surface area contributed by atoms with Crippen molar-refractivity contribution in [2.24, 2.45) is 5.14 Å². The number of primary sulfonamides is 1. The van der Waals surface area contributed by atoms with E-state index in [4.69, 9.17) is 26.8 Å². The largest absolute Gasteiger partial charge is 0.491 e.